The predicted molar refractivity (Wildman–Crippen MR) is 145 cm³/mol. The van der Waals surface area contributed by atoms with E-state index in [0.29, 0.717) is 11.1 Å². The molecule has 0 aromatic heterocycles. The quantitative estimate of drug-likeness (QED) is 0.129. The number of carbonyl (C=O) groups excluding carboxylic acids is 1. The zero-order valence-electron chi connectivity index (χ0n) is 21.9. The molecule has 15 heteroatoms. The average molecular weight is 541 g/mol. The number of carbonyl (C=O) groups is 1. The molecule has 1 amide bonds. The summed E-state index contributed by atoms with van der Waals surface area (Å²) in [6.07, 6.45) is 1.07. The molecule has 0 saturated carbocycles. The third-order valence-corrected chi connectivity index (χ3v) is 4.66. The monoisotopic (exact) mass is 540 g/mol. The minimum absolute atomic E-state index is 0.0675. The van der Waals surface area contributed by atoms with Gasteiger partial charge in [0.25, 0.3) is 5.91 Å². The largest absolute Gasteiger partial charge is 0.507 e. The minimum atomic E-state index is -0.569. The molecule has 202 valence electrons. The first-order chi connectivity index (χ1) is 19.2. The van der Waals surface area contributed by atoms with Gasteiger partial charge in [0.05, 0.1) is 11.1 Å². The van der Waals surface area contributed by atoms with Crippen molar-refractivity contribution in [3.63, 3.8) is 0 Å². The molecule has 0 aliphatic carbocycles. The van der Waals surface area contributed by atoms with E-state index in [4.69, 9.17) is 5.53 Å². The molecule has 0 atom stereocenters. The number of benzene rings is 2. The van der Waals surface area contributed by atoms with Crippen molar-refractivity contribution < 1.29 is 15.0 Å². The van der Waals surface area contributed by atoms with Crippen molar-refractivity contribution in [2.45, 2.75) is 33.7 Å². The van der Waals surface area contributed by atoms with Gasteiger partial charge in [-0.25, -0.2) is 0 Å². The first kappa shape index (κ1) is 30.3. The molecule has 0 saturated heterocycles. The van der Waals surface area contributed by atoms with Crippen LogP contribution in [0.5, 0.6) is 11.5 Å². The Balaban J connectivity index is 2.41. The van der Waals surface area contributed by atoms with Gasteiger partial charge in [-0.15, -0.1) is 5.10 Å². The van der Waals surface area contributed by atoms with Crippen LogP contribution < -0.4 is 5.32 Å². The van der Waals surface area contributed by atoms with E-state index >= 15 is 0 Å². The lowest BCUT2D eigenvalue weighted by Crippen LogP contribution is -2.30. The second-order valence-electron chi connectivity index (χ2n) is 8.08. The average Bonchev–Trinajstić information content (AvgIpc) is 2.88. The van der Waals surface area contributed by atoms with Crippen LogP contribution in [0.1, 0.15) is 47.8 Å². The van der Waals surface area contributed by atoms with Gasteiger partial charge in [0.15, 0.2) is 0 Å². The number of aryl methyl sites for hydroxylation is 1. The maximum Gasteiger partial charge on any atom is 0.256 e. The van der Waals surface area contributed by atoms with E-state index < -0.39 is 11.7 Å². The Labute approximate surface area is 229 Å². The Kier molecular flexibility index (Phi) is 11.6. The first-order valence-electron chi connectivity index (χ1n) is 11.3. The van der Waals surface area contributed by atoms with Crippen LogP contribution in [-0.4, -0.2) is 28.4 Å². The van der Waals surface area contributed by atoms with Crippen molar-refractivity contribution in [3.8, 4) is 46.3 Å². The highest BCUT2D eigenvalue weighted by Gasteiger charge is 2.25. The minimum Gasteiger partial charge on any atom is -0.507 e. The molecule has 2 aromatic rings. The van der Waals surface area contributed by atoms with Gasteiger partial charge in [-0.05, 0) is 110 Å². The number of rotatable bonds is 9. The highest BCUT2D eigenvalue weighted by molar-refractivity contribution is 6.03. The number of aromatic hydroxyl groups is 2. The Bertz CT molecular complexity index is 1570. The summed E-state index contributed by atoms with van der Waals surface area (Å²) in [7, 11) is 0. The third-order valence-electron chi connectivity index (χ3n) is 4.66. The Hall–Kier alpha value is -5.96. The molecule has 0 spiro atoms. The van der Waals surface area contributed by atoms with Gasteiger partial charge in [-0.3, -0.25) is 4.79 Å². The van der Waals surface area contributed by atoms with Gasteiger partial charge in [0.1, 0.15) is 17.7 Å². The van der Waals surface area contributed by atoms with Crippen LogP contribution in [0.4, 0.5) is 0 Å². The van der Waals surface area contributed by atoms with E-state index in [-0.39, 0.29) is 28.5 Å². The SMILES string of the molecule is C=C(C)c1ccc(C)cc1-c1c(O)cc(C#CC#C/C=N/N=N/N=N/N=N/N=N/N=N)c(C(=O)NC(C)C)c1O. The second-order valence-corrected chi connectivity index (χ2v) is 8.08. The molecule has 0 fully saturated rings. The molecule has 15 nitrogen and oxygen atoms in total. The van der Waals surface area contributed by atoms with Crippen LogP contribution >= 0.6 is 0 Å². The Morgan fingerprint density at radius 1 is 1.02 bits per heavy atom. The molecule has 0 radical (unpaired) electrons. The maximum atomic E-state index is 13.1. The topological polar surface area (TPSA) is 217 Å². The van der Waals surface area contributed by atoms with E-state index in [2.05, 4.69) is 87.7 Å². The summed E-state index contributed by atoms with van der Waals surface area (Å²) >= 11 is 0. The van der Waals surface area contributed by atoms with E-state index in [1.807, 2.05) is 26.0 Å². The lowest BCUT2D eigenvalue weighted by Gasteiger charge is -2.18. The fourth-order valence-corrected chi connectivity index (χ4v) is 3.19. The van der Waals surface area contributed by atoms with Crippen LogP contribution in [0.15, 0.2) is 83.0 Å². The molecule has 0 aliphatic rings. The summed E-state index contributed by atoms with van der Waals surface area (Å²) in [5.41, 5.74) is 9.23. The summed E-state index contributed by atoms with van der Waals surface area (Å²) in [6, 6.07) is 6.61. The number of nitrogens with zero attached hydrogens (tertiary/aromatic N) is 10. The van der Waals surface area contributed by atoms with Gasteiger partial charge in [0, 0.05) is 11.6 Å². The molecular formula is C25H24N12O3. The van der Waals surface area contributed by atoms with Crippen LogP contribution in [0.3, 0.4) is 0 Å². The van der Waals surface area contributed by atoms with E-state index in [1.54, 1.807) is 19.9 Å². The highest BCUT2D eigenvalue weighted by Crippen LogP contribution is 2.44. The molecule has 0 bridgehead atoms. The van der Waals surface area contributed by atoms with Crippen LogP contribution in [0.25, 0.3) is 16.7 Å². The van der Waals surface area contributed by atoms with Crippen molar-refractivity contribution in [3.05, 3.63) is 53.1 Å². The summed E-state index contributed by atoms with van der Waals surface area (Å²) in [5, 5.41) is 55.4. The molecular weight excluding hydrogens is 516 g/mol. The molecule has 40 heavy (non-hydrogen) atoms. The fraction of sp³-hybridized carbons (Fsp3) is 0.200. The second kappa shape index (κ2) is 15.3. The summed E-state index contributed by atoms with van der Waals surface area (Å²) in [5.74, 6) is 8.93. The van der Waals surface area contributed by atoms with Gasteiger partial charge in [0.2, 0.25) is 0 Å². The van der Waals surface area contributed by atoms with Crippen LogP contribution in [0.2, 0.25) is 0 Å². The zero-order chi connectivity index (χ0) is 29.5. The number of hydrogen-bond donors (Lipinski definition) is 4. The number of amides is 1. The fourth-order valence-electron chi connectivity index (χ4n) is 3.19. The molecule has 2 rings (SSSR count). The molecule has 4 N–H and O–H groups in total. The van der Waals surface area contributed by atoms with Gasteiger partial charge < -0.3 is 15.5 Å². The maximum absolute atomic E-state index is 13.1. The Morgan fingerprint density at radius 3 is 2.30 bits per heavy atom. The zero-order valence-corrected chi connectivity index (χ0v) is 21.9. The lowest BCUT2D eigenvalue weighted by atomic mass is 9.90. The van der Waals surface area contributed by atoms with Crippen molar-refractivity contribution in [1.82, 2.24) is 5.32 Å². The first-order valence-corrected chi connectivity index (χ1v) is 11.3. The van der Waals surface area contributed by atoms with Crippen molar-refractivity contribution in [1.29, 1.82) is 5.53 Å². The van der Waals surface area contributed by atoms with E-state index in [0.717, 1.165) is 17.4 Å². The number of phenols is 2. The number of nitrogens with one attached hydrogen (secondary N) is 2. The molecule has 2 aromatic carbocycles. The normalized spacial score (nSPS) is 11.3. The third kappa shape index (κ3) is 8.86. The summed E-state index contributed by atoms with van der Waals surface area (Å²) < 4.78 is 0. The van der Waals surface area contributed by atoms with Crippen LogP contribution in [-0.2, 0) is 0 Å². The molecule has 0 heterocycles. The predicted octanol–water partition coefficient (Wildman–Crippen LogP) is 6.08. The number of hydrogen-bond acceptors (Lipinski definition) is 5. The van der Waals surface area contributed by atoms with Crippen molar-refractivity contribution >= 4 is 17.7 Å². The summed E-state index contributed by atoms with van der Waals surface area (Å²) in [4.78, 5) is 13.1. The number of allylic oxidation sites excluding steroid dienone is 1. The van der Waals surface area contributed by atoms with Gasteiger partial charge in [-0.2, -0.15) is 5.53 Å². The lowest BCUT2D eigenvalue weighted by molar-refractivity contribution is 0.0940. The van der Waals surface area contributed by atoms with E-state index in [9.17, 15) is 15.0 Å². The van der Waals surface area contributed by atoms with Crippen molar-refractivity contribution in [2.75, 3.05) is 0 Å². The highest BCUT2D eigenvalue weighted by atomic mass is 16.3. The standard InChI is InChI=1S/C25H24N12O3/c1-15(2)19-11-10-17(5)13-20(19)23-21(38)14-18(22(24(23)39)25(40)28-16(3)4)9-7-6-8-12-27-30-32-34-36-37-35-33-31-29-26/h10-14,16,26,38-39H,1H2,2-5H3,(H,28,40)/b27-12+,29-26?,32-30+,33-31+,36-34+,37-35+. The summed E-state index contributed by atoms with van der Waals surface area (Å²) in [6.45, 7) is 11.2. The van der Waals surface area contributed by atoms with E-state index in [1.165, 1.54) is 6.07 Å². The molecule has 0 unspecified atom stereocenters. The van der Waals surface area contributed by atoms with Gasteiger partial charge >= 0.3 is 0 Å². The number of phenolic OH excluding ortho intramolecular Hbond substituents is 2. The Morgan fingerprint density at radius 2 is 1.68 bits per heavy atom. The van der Waals surface area contributed by atoms with Crippen molar-refractivity contribution in [2.24, 2.45) is 52.1 Å². The van der Waals surface area contributed by atoms with Crippen LogP contribution in [0, 0.1) is 36.1 Å². The molecule has 0 aliphatic heterocycles. The van der Waals surface area contributed by atoms with Gasteiger partial charge in [-0.1, -0.05) is 41.8 Å². The smallest absolute Gasteiger partial charge is 0.256 e.